The second-order valence-corrected chi connectivity index (χ2v) is 4.72. The molecule has 0 aromatic carbocycles. The molecular formula is C11H12O4. The van der Waals surface area contributed by atoms with E-state index < -0.39 is 5.41 Å². The molecular weight excluding hydrogens is 196 g/mol. The van der Waals surface area contributed by atoms with Crippen molar-refractivity contribution in [2.45, 2.75) is 38.5 Å². The summed E-state index contributed by atoms with van der Waals surface area (Å²) in [5, 5.41) is 0. The van der Waals surface area contributed by atoms with E-state index >= 15 is 0 Å². The van der Waals surface area contributed by atoms with E-state index in [1.54, 1.807) is 0 Å². The van der Waals surface area contributed by atoms with E-state index in [0.717, 1.165) is 0 Å². The van der Waals surface area contributed by atoms with Crippen LogP contribution < -0.4 is 0 Å². The monoisotopic (exact) mass is 208 g/mol. The Morgan fingerprint density at radius 3 is 1.13 bits per heavy atom. The van der Waals surface area contributed by atoms with Crippen LogP contribution in [0.25, 0.3) is 0 Å². The Hall–Kier alpha value is -1.32. The summed E-state index contributed by atoms with van der Waals surface area (Å²) in [6.45, 7) is 0. The number of rotatable bonds is 0. The first-order valence-electron chi connectivity index (χ1n) is 5.06. The van der Waals surface area contributed by atoms with Crippen LogP contribution >= 0.6 is 0 Å². The highest BCUT2D eigenvalue weighted by atomic mass is 16.2. The highest BCUT2D eigenvalue weighted by Crippen LogP contribution is 2.42. The number of carbonyl (C=O) groups is 4. The van der Waals surface area contributed by atoms with Crippen molar-refractivity contribution in [3.63, 3.8) is 0 Å². The van der Waals surface area contributed by atoms with Crippen LogP contribution in [-0.4, -0.2) is 23.1 Å². The Labute approximate surface area is 87.0 Å². The summed E-state index contributed by atoms with van der Waals surface area (Å²) >= 11 is 0. The van der Waals surface area contributed by atoms with Crippen LogP contribution in [-0.2, 0) is 19.2 Å². The zero-order chi connectivity index (χ0) is 11.1. The summed E-state index contributed by atoms with van der Waals surface area (Å²) < 4.78 is 0. The quantitative estimate of drug-likeness (QED) is 0.547. The average molecular weight is 208 g/mol. The fraction of sp³-hybridized carbons (Fsp3) is 0.636. The van der Waals surface area contributed by atoms with Gasteiger partial charge < -0.3 is 0 Å². The van der Waals surface area contributed by atoms with Gasteiger partial charge in [0.2, 0.25) is 0 Å². The largest absolute Gasteiger partial charge is 0.299 e. The van der Waals surface area contributed by atoms with E-state index in [9.17, 15) is 19.2 Å². The van der Waals surface area contributed by atoms with Crippen molar-refractivity contribution in [2.75, 3.05) is 0 Å². The maximum absolute atomic E-state index is 11.3. The molecule has 15 heavy (non-hydrogen) atoms. The third kappa shape index (κ3) is 2.03. The minimum atomic E-state index is -0.654. The van der Waals surface area contributed by atoms with Crippen molar-refractivity contribution < 1.29 is 19.2 Å². The van der Waals surface area contributed by atoms with E-state index in [1.807, 2.05) is 0 Å². The number of ketones is 4. The number of Topliss-reactive ketones (excluding diaryl/α,β-unsaturated/α-hetero) is 4. The second-order valence-electron chi connectivity index (χ2n) is 4.72. The fourth-order valence-corrected chi connectivity index (χ4v) is 2.74. The topological polar surface area (TPSA) is 68.3 Å². The van der Waals surface area contributed by atoms with Gasteiger partial charge in [-0.25, -0.2) is 0 Å². The molecule has 0 heterocycles. The van der Waals surface area contributed by atoms with Crippen molar-refractivity contribution in [3.8, 4) is 0 Å². The molecule has 4 heteroatoms. The van der Waals surface area contributed by atoms with E-state index in [4.69, 9.17) is 0 Å². The van der Waals surface area contributed by atoms with Gasteiger partial charge in [-0.05, 0) is 5.41 Å². The van der Waals surface area contributed by atoms with Crippen LogP contribution in [0.3, 0.4) is 0 Å². The molecule has 4 nitrogen and oxygen atoms in total. The number of hydrogen-bond acceptors (Lipinski definition) is 4. The SMILES string of the molecule is O=C1CC(=O)CC2(C1)CC(=O)CC(=O)C2. The first-order chi connectivity index (χ1) is 6.99. The smallest absolute Gasteiger partial charge is 0.140 e. The van der Waals surface area contributed by atoms with Crippen LogP contribution in [0.15, 0.2) is 0 Å². The van der Waals surface area contributed by atoms with Gasteiger partial charge in [-0.1, -0.05) is 0 Å². The zero-order valence-electron chi connectivity index (χ0n) is 8.38. The minimum Gasteiger partial charge on any atom is -0.299 e. The van der Waals surface area contributed by atoms with E-state index in [2.05, 4.69) is 0 Å². The molecule has 0 radical (unpaired) electrons. The normalized spacial score (nSPS) is 26.1. The Morgan fingerprint density at radius 2 is 0.867 bits per heavy atom. The van der Waals surface area contributed by atoms with Crippen molar-refractivity contribution in [1.82, 2.24) is 0 Å². The molecule has 2 aliphatic carbocycles. The molecule has 0 unspecified atom stereocenters. The van der Waals surface area contributed by atoms with Gasteiger partial charge in [0.1, 0.15) is 23.1 Å². The number of carbonyl (C=O) groups excluding carboxylic acids is 4. The molecule has 0 amide bonds. The van der Waals surface area contributed by atoms with Gasteiger partial charge in [-0.2, -0.15) is 0 Å². The Morgan fingerprint density at radius 1 is 0.600 bits per heavy atom. The molecule has 80 valence electrons. The van der Waals surface area contributed by atoms with Crippen molar-refractivity contribution in [2.24, 2.45) is 5.41 Å². The van der Waals surface area contributed by atoms with Crippen LogP contribution in [0.5, 0.6) is 0 Å². The Kier molecular flexibility index (Phi) is 2.29. The van der Waals surface area contributed by atoms with E-state index in [0.29, 0.717) is 0 Å². The summed E-state index contributed by atoms with van der Waals surface area (Å²) in [5.74, 6) is -0.523. The molecule has 2 rings (SSSR count). The van der Waals surface area contributed by atoms with Gasteiger partial charge in [0.15, 0.2) is 0 Å². The van der Waals surface area contributed by atoms with Crippen LogP contribution in [0.4, 0.5) is 0 Å². The van der Waals surface area contributed by atoms with Gasteiger partial charge in [0.05, 0.1) is 12.8 Å². The first-order valence-corrected chi connectivity index (χ1v) is 5.06. The molecule has 1 spiro atoms. The molecule has 2 saturated carbocycles. The van der Waals surface area contributed by atoms with Crippen molar-refractivity contribution >= 4 is 23.1 Å². The fourth-order valence-electron chi connectivity index (χ4n) is 2.74. The molecule has 0 aromatic heterocycles. The Bertz CT molecular complexity index is 295. The standard InChI is InChI=1S/C11H12O4/c12-7-1-8(13)4-11(3-7)5-9(14)2-10(15)6-11/h1-6H2. The molecule has 0 atom stereocenters. The lowest BCUT2D eigenvalue weighted by atomic mass is 9.64. The predicted octanol–water partition coefficient (Wildman–Crippen LogP) is 0.617. The van der Waals surface area contributed by atoms with Crippen LogP contribution in [0.2, 0.25) is 0 Å². The van der Waals surface area contributed by atoms with Gasteiger partial charge in [-0.15, -0.1) is 0 Å². The summed E-state index contributed by atoms with van der Waals surface area (Å²) in [4.78, 5) is 45.3. The summed E-state index contributed by atoms with van der Waals surface area (Å²) in [7, 11) is 0. The highest BCUT2D eigenvalue weighted by Gasteiger charge is 2.45. The molecule has 0 aromatic rings. The second kappa shape index (κ2) is 3.36. The summed E-state index contributed by atoms with van der Waals surface area (Å²) in [6.07, 6.45) is 0.827. The van der Waals surface area contributed by atoms with Crippen molar-refractivity contribution in [1.29, 1.82) is 0 Å². The molecule has 0 aliphatic heterocycles. The van der Waals surface area contributed by atoms with E-state index in [-0.39, 0.29) is 61.7 Å². The molecule has 0 N–H and O–H groups in total. The molecule has 2 fully saturated rings. The van der Waals surface area contributed by atoms with Crippen LogP contribution in [0.1, 0.15) is 38.5 Å². The van der Waals surface area contributed by atoms with Gasteiger partial charge >= 0.3 is 0 Å². The molecule has 0 saturated heterocycles. The summed E-state index contributed by atoms with van der Waals surface area (Å²) in [6, 6.07) is 0. The predicted molar refractivity (Wildman–Crippen MR) is 50.2 cm³/mol. The van der Waals surface area contributed by atoms with Gasteiger partial charge in [0.25, 0.3) is 0 Å². The lowest BCUT2D eigenvalue weighted by Gasteiger charge is -2.37. The summed E-state index contributed by atoms with van der Waals surface area (Å²) in [5.41, 5.74) is -0.654. The minimum absolute atomic E-state index is 0.0237. The number of hydrogen-bond donors (Lipinski definition) is 0. The molecule has 2 aliphatic rings. The third-order valence-corrected chi connectivity index (χ3v) is 3.08. The third-order valence-electron chi connectivity index (χ3n) is 3.08. The lowest BCUT2D eigenvalue weighted by molar-refractivity contribution is -0.141. The maximum Gasteiger partial charge on any atom is 0.140 e. The Balaban J connectivity index is 2.24. The maximum atomic E-state index is 11.3. The zero-order valence-corrected chi connectivity index (χ0v) is 8.38. The van der Waals surface area contributed by atoms with Gasteiger partial charge in [-0.3, -0.25) is 19.2 Å². The van der Waals surface area contributed by atoms with Gasteiger partial charge in [0, 0.05) is 25.7 Å². The van der Waals surface area contributed by atoms with Crippen LogP contribution in [0, 0.1) is 5.41 Å². The first kappa shape index (κ1) is 10.2. The molecule has 0 bridgehead atoms. The highest BCUT2D eigenvalue weighted by molar-refractivity contribution is 6.07. The van der Waals surface area contributed by atoms with Crippen molar-refractivity contribution in [3.05, 3.63) is 0 Å². The lowest BCUT2D eigenvalue weighted by Crippen LogP contribution is -2.41. The average Bonchev–Trinajstić information content (AvgIpc) is 1.96. The van der Waals surface area contributed by atoms with E-state index in [1.165, 1.54) is 0 Å².